The van der Waals surface area contributed by atoms with Crippen LogP contribution in [0.3, 0.4) is 0 Å². The van der Waals surface area contributed by atoms with Gasteiger partial charge in [0.05, 0.1) is 0 Å². The molecule has 0 spiro atoms. The number of hydrogen-bond donors (Lipinski definition) is 2. The summed E-state index contributed by atoms with van der Waals surface area (Å²) in [7, 11) is 0. The molecule has 0 aliphatic rings. The fourth-order valence-corrected chi connectivity index (χ4v) is 2.11. The van der Waals surface area contributed by atoms with E-state index in [1.54, 1.807) is 36.4 Å². The van der Waals surface area contributed by atoms with Crippen LogP contribution in [0.25, 0.3) is 22.3 Å². The van der Waals surface area contributed by atoms with Crippen LogP contribution < -0.4 is 5.73 Å². The van der Waals surface area contributed by atoms with Crippen LogP contribution in [0.15, 0.2) is 54.9 Å². The van der Waals surface area contributed by atoms with Gasteiger partial charge < -0.3 is 10.8 Å². The number of phenols is 1. The van der Waals surface area contributed by atoms with Crippen LogP contribution in [-0.2, 0) is 0 Å². The molecule has 0 radical (unpaired) electrons. The van der Waals surface area contributed by atoms with E-state index in [2.05, 4.69) is 9.97 Å². The molecule has 0 saturated heterocycles. The molecule has 0 atom stereocenters. The number of nitrogen functional groups attached to an aromatic ring is 1. The van der Waals surface area contributed by atoms with E-state index in [9.17, 15) is 9.50 Å². The summed E-state index contributed by atoms with van der Waals surface area (Å²) in [5.74, 6) is -0.158. The normalized spacial score (nSPS) is 10.5. The second kappa shape index (κ2) is 5.20. The number of aromatic hydroxyl groups is 1. The Kier molecular flexibility index (Phi) is 3.23. The topological polar surface area (TPSA) is 72.0 Å². The minimum absolute atomic E-state index is 0.112. The van der Waals surface area contributed by atoms with Crippen LogP contribution in [0.5, 0.6) is 5.75 Å². The van der Waals surface area contributed by atoms with Gasteiger partial charge in [-0.2, -0.15) is 0 Å². The number of halogens is 1. The predicted molar refractivity (Wildman–Crippen MR) is 78.9 cm³/mol. The minimum atomic E-state index is -0.413. The van der Waals surface area contributed by atoms with Gasteiger partial charge in [-0.1, -0.05) is 30.3 Å². The Bertz CT molecular complexity index is 788. The molecule has 1 heterocycles. The summed E-state index contributed by atoms with van der Waals surface area (Å²) in [4.78, 5) is 7.70. The monoisotopic (exact) mass is 281 g/mol. The van der Waals surface area contributed by atoms with Gasteiger partial charge in [0.2, 0.25) is 5.95 Å². The summed E-state index contributed by atoms with van der Waals surface area (Å²) in [6, 6.07) is 11.5. The van der Waals surface area contributed by atoms with Crippen molar-refractivity contribution in [3.63, 3.8) is 0 Å². The summed E-state index contributed by atoms with van der Waals surface area (Å²) in [6.45, 7) is 0. The molecule has 2 aromatic carbocycles. The Hall–Kier alpha value is -2.95. The van der Waals surface area contributed by atoms with Crippen molar-refractivity contribution in [2.45, 2.75) is 0 Å². The quantitative estimate of drug-likeness (QED) is 0.756. The van der Waals surface area contributed by atoms with Crippen molar-refractivity contribution in [2.75, 3.05) is 5.73 Å². The zero-order valence-electron chi connectivity index (χ0n) is 11.0. The average molecular weight is 281 g/mol. The Morgan fingerprint density at radius 3 is 2.29 bits per heavy atom. The summed E-state index contributed by atoms with van der Waals surface area (Å²) >= 11 is 0. The summed E-state index contributed by atoms with van der Waals surface area (Å²) < 4.78 is 14.3. The van der Waals surface area contributed by atoms with E-state index in [0.29, 0.717) is 22.3 Å². The van der Waals surface area contributed by atoms with Crippen LogP contribution >= 0.6 is 0 Å². The van der Waals surface area contributed by atoms with Crippen LogP contribution in [0.4, 0.5) is 10.3 Å². The number of aromatic nitrogens is 2. The molecule has 0 saturated carbocycles. The Morgan fingerprint density at radius 2 is 1.62 bits per heavy atom. The Labute approximate surface area is 120 Å². The van der Waals surface area contributed by atoms with Gasteiger partial charge in [-0.3, -0.25) is 0 Å². The molecule has 0 aliphatic heterocycles. The van der Waals surface area contributed by atoms with E-state index in [1.807, 2.05) is 0 Å². The van der Waals surface area contributed by atoms with E-state index in [1.165, 1.54) is 18.5 Å². The first-order valence-corrected chi connectivity index (χ1v) is 6.31. The number of para-hydroxylation sites is 1. The van der Waals surface area contributed by atoms with Crippen molar-refractivity contribution in [3.05, 3.63) is 60.7 Å². The SMILES string of the molecule is Nc1ncc(-c2ccc(-c3ccccc3O)cc2F)cn1. The molecule has 104 valence electrons. The molecule has 0 unspecified atom stereocenters. The van der Waals surface area contributed by atoms with Crippen molar-refractivity contribution in [3.8, 4) is 28.0 Å². The van der Waals surface area contributed by atoms with Gasteiger partial charge in [-0.05, 0) is 17.7 Å². The van der Waals surface area contributed by atoms with Crippen molar-refractivity contribution in [1.29, 1.82) is 0 Å². The first-order chi connectivity index (χ1) is 10.1. The third-order valence-corrected chi connectivity index (χ3v) is 3.17. The molecule has 1 aromatic heterocycles. The predicted octanol–water partition coefficient (Wildman–Crippen LogP) is 3.24. The first kappa shape index (κ1) is 13.1. The maximum atomic E-state index is 14.3. The van der Waals surface area contributed by atoms with E-state index in [4.69, 9.17) is 5.73 Å². The number of nitrogens with two attached hydrogens (primary N) is 1. The molecular formula is C16H12FN3O. The number of nitrogens with zero attached hydrogens (tertiary/aromatic N) is 2. The van der Waals surface area contributed by atoms with E-state index in [-0.39, 0.29) is 11.7 Å². The van der Waals surface area contributed by atoms with Crippen LogP contribution in [0.1, 0.15) is 0 Å². The van der Waals surface area contributed by atoms with Crippen LogP contribution in [-0.4, -0.2) is 15.1 Å². The molecule has 21 heavy (non-hydrogen) atoms. The molecule has 0 amide bonds. The fourth-order valence-electron chi connectivity index (χ4n) is 2.11. The van der Waals surface area contributed by atoms with E-state index < -0.39 is 5.82 Å². The number of benzene rings is 2. The molecule has 0 bridgehead atoms. The molecule has 3 rings (SSSR count). The highest BCUT2D eigenvalue weighted by atomic mass is 19.1. The summed E-state index contributed by atoms with van der Waals surface area (Å²) in [6.07, 6.45) is 2.95. The lowest BCUT2D eigenvalue weighted by atomic mass is 10.0. The molecule has 3 N–H and O–H groups in total. The summed E-state index contributed by atoms with van der Waals surface area (Å²) in [5, 5.41) is 9.82. The highest BCUT2D eigenvalue weighted by Crippen LogP contribution is 2.32. The van der Waals surface area contributed by atoms with Gasteiger partial charge in [0.15, 0.2) is 0 Å². The largest absolute Gasteiger partial charge is 0.507 e. The number of rotatable bonds is 2. The second-order valence-corrected chi connectivity index (χ2v) is 4.54. The lowest BCUT2D eigenvalue weighted by Crippen LogP contribution is -1.94. The second-order valence-electron chi connectivity index (χ2n) is 4.54. The Balaban J connectivity index is 2.04. The molecule has 0 fully saturated rings. The number of phenolic OH excluding ortho intramolecular Hbond substituents is 1. The van der Waals surface area contributed by atoms with Crippen LogP contribution in [0.2, 0.25) is 0 Å². The van der Waals surface area contributed by atoms with Crippen molar-refractivity contribution in [2.24, 2.45) is 0 Å². The van der Waals surface area contributed by atoms with E-state index >= 15 is 0 Å². The first-order valence-electron chi connectivity index (χ1n) is 6.31. The van der Waals surface area contributed by atoms with Gasteiger partial charge in [-0.15, -0.1) is 0 Å². The average Bonchev–Trinajstić information content (AvgIpc) is 2.49. The third kappa shape index (κ3) is 2.53. The third-order valence-electron chi connectivity index (χ3n) is 3.17. The smallest absolute Gasteiger partial charge is 0.219 e. The highest BCUT2D eigenvalue weighted by Gasteiger charge is 2.10. The maximum absolute atomic E-state index is 14.3. The van der Waals surface area contributed by atoms with E-state index in [0.717, 1.165) is 0 Å². The maximum Gasteiger partial charge on any atom is 0.219 e. The van der Waals surface area contributed by atoms with Gasteiger partial charge >= 0.3 is 0 Å². The lowest BCUT2D eigenvalue weighted by Gasteiger charge is -2.08. The molecule has 0 aliphatic carbocycles. The molecule has 4 nitrogen and oxygen atoms in total. The van der Waals surface area contributed by atoms with Gasteiger partial charge in [0, 0.05) is 29.1 Å². The molecular weight excluding hydrogens is 269 g/mol. The number of hydrogen-bond acceptors (Lipinski definition) is 4. The minimum Gasteiger partial charge on any atom is -0.507 e. The van der Waals surface area contributed by atoms with Gasteiger partial charge in [0.1, 0.15) is 11.6 Å². The summed E-state index contributed by atoms with van der Waals surface area (Å²) in [5.41, 5.74) is 7.53. The zero-order valence-corrected chi connectivity index (χ0v) is 11.0. The fraction of sp³-hybridized carbons (Fsp3) is 0. The molecule has 5 heteroatoms. The highest BCUT2D eigenvalue weighted by molar-refractivity contribution is 5.73. The zero-order chi connectivity index (χ0) is 14.8. The van der Waals surface area contributed by atoms with Crippen molar-refractivity contribution >= 4 is 5.95 Å². The lowest BCUT2D eigenvalue weighted by molar-refractivity contribution is 0.477. The van der Waals surface area contributed by atoms with Crippen molar-refractivity contribution in [1.82, 2.24) is 9.97 Å². The number of anilines is 1. The Morgan fingerprint density at radius 1 is 0.905 bits per heavy atom. The standard InChI is InChI=1S/C16H12FN3O/c17-14-7-10(13-3-1-2-4-15(13)21)5-6-12(14)11-8-19-16(18)20-9-11/h1-9,21H,(H2,18,19,20). The van der Waals surface area contributed by atoms with Gasteiger partial charge in [-0.25, -0.2) is 14.4 Å². The van der Waals surface area contributed by atoms with Crippen LogP contribution in [0, 0.1) is 5.82 Å². The molecule has 3 aromatic rings. The van der Waals surface area contributed by atoms with Gasteiger partial charge in [0.25, 0.3) is 0 Å². The van der Waals surface area contributed by atoms with Crippen molar-refractivity contribution < 1.29 is 9.50 Å².